The Morgan fingerprint density at radius 3 is 2.88 bits per heavy atom. The van der Waals surface area contributed by atoms with Gasteiger partial charge in [0.1, 0.15) is 6.33 Å². The van der Waals surface area contributed by atoms with Gasteiger partial charge in [-0.1, -0.05) is 11.6 Å². The standard InChI is InChI=1S/C12H12ClN3/c1-8-6-9(13)2-5-11(8)12-15-14-7-16(12)10-3-4-10/h2,5-7,10H,3-4H2,1H3. The fraction of sp³-hybridized carbons (Fsp3) is 0.333. The van der Waals surface area contributed by atoms with Crippen molar-refractivity contribution in [2.75, 3.05) is 0 Å². The van der Waals surface area contributed by atoms with Crippen molar-refractivity contribution in [3.8, 4) is 11.4 Å². The van der Waals surface area contributed by atoms with Crippen molar-refractivity contribution in [3.05, 3.63) is 35.1 Å². The van der Waals surface area contributed by atoms with Crippen LogP contribution in [0.5, 0.6) is 0 Å². The van der Waals surface area contributed by atoms with E-state index in [-0.39, 0.29) is 0 Å². The summed E-state index contributed by atoms with van der Waals surface area (Å²) in [6.45, 7) is 2.05. The number of halogens is 1. The number of hydrogen-bond donors (Lipinski definition) is 0. The highest BCUT2D eigenvalue weighted by molar-refractivity contribution is 6.30. The lowest BCUT2D eigenvalue weighted by Gasteiger charge is -2.07. The van der Waals surface area contributed by atoms with Crippen molar-refractivity contribution in [1.82, 2.24) is 14.8 Å². The molecular weight excluding hydrogens is 222 g/mol. The van der Waals surface area contributed by atoms with Gasteiger partial charge in [-0.3, -0.25) is 0 Å². The Hall–Kier alpha value is -1.35. The summed E-state index contributed by atoms with van der Waals surface area (Å²) >= 11 is 5.95. The van der Waals surface area contributed by atoms with Crippen LogP contribution < -0.4 is 0 Å². The largest absolute Gasteiger partial charge is 0.310 e. The molecule has 3 nitrogen and oxygen atoms in total. The Balaban J connectivity index is 2.10. The van der Waals surface area contributed by atoms with Crippen LogP contribution in [0.3, 0.4) is 0 Å². The molecule has 1 aliphatic carbocycles. The SMILES string of the molecule is Cc1cc(Cl)ccc1-c1nncn1C1CC1. The molecule has 0 aliphatic heterocycles. The average molecular weight is 234 g/mol. The van der Waals surface area contributed by atoms with E-state index in [4.69, 9.17) is 11.6 Å². The van der Waals surface area contributed by atoms with Crippen molar-refractivity contribution in [2.45, 2.75) is 25.8 Å². The molecule has 1 saturated carbocycles. The third-order valence-corrected chi connectivity index (χ3v) is 3.18. The second-order valence-electron chi connectivity index (χ2n) is 4.25. The average Bonchev–Trinajstić information content (AvgIpc) is 2.98. The predicted octanol–water partition coefficient (Wildman–Crippen LogP) is 3.24. The van der Waals surface area contributed by atoms with Gasteiger partial charge in [0.05, 0.1) is 0 Å². The van der Waals surface area contributed by atoms with E-state index in [0.29, 0.717) is 6.04 Å². The Kier molecular flexibility index (Phi) is 2.21. The summed E-state index contributed by atoms with van der Waals surface area (Å²) in [5, 5.41) is 8.97. The Morgan fingerprint density at radius 1 is 1.38 bits per heavy atom. The molecule has 0 spiro atoms. The van der Waals surface area contributed by atoms with Crippen LogP contribution in [0.1, 0.15) is 24.4 Å². The molecule has 1 heterocycles. The molecule has 16 heavy (non-hydrogen) atoms. The third kappa shape index (κ3) is 1.61. The molecule has 0 N–H and O–H groups in total. The van der Waals surface area contributed by atoms with Crippen molar-refractivity contribution >= 4 is 11.6 Å². The Labute approximate surface area is 99.1 Å². The van der Waals surface area contributed by atoms with Crippen LogP contribution in [0, 0.1) is 6.92 Å². The van der Waals surface area contributed by atoms with E-state index >= 15 is 0 Å². The molecule has 1 fully saturated rings. The van der Waals surface area contributed by atoms with E-state index < -0.39 is 0 Å². The molecular formula is C12H12ClN3. The van der Waals surface area contributed by atoms with E-state index in [2.05, 4.69) is 14.8 Å². The second-order valence-corrected chi connectivity index (χ2v) is 4.69. The van der Waals surface area contributed by atoms with E-state index in [1.165, 1.54) is 12.8 Å². The van der Waals surface area contributed by atoms with Gasteiger partial charge < -0.3 is 4.57 Å². The summed E-state index contributed by atoms with van der Waals surface area (Å²) in [7, 11) is 0. The topological polar surface area (TPSA) is 30.7 Å². The van der Waals surface area contributed by atoms with Crippen LogP contribution in [0.4, 0.5) is 0 Å². The molecule has 1 aliphatic rings. The second kappa shape index (κ2) is 3.59. The highest BCUT2D eigenvalue weighted by Crippen LogP contribution is 2.38. The van der Waals surface area contributed by atoms with E-state index in [1.54, 1.807) is 0 Å². The first-order valence-corrected chi connectivity index (χ1v) is 5.79. The van der Waals surface area contributed by atoms with Crippen molar-refractivity contribution in [3.63, 3.8) is 0 Å². The zero-order valence-corrected chi connectivity index (χ0v) is 9.78. The van der Waals surface area contributed by atoms with Crippen LogP contribution in [0.15, 0.2) is 24.5 Å². The summed E-state index contributed by atoms with van der Waals surface area (Å²) < 4.78 is 2.16. The monoisotopic (exact) mass is 233 g/mol. The molecule has 82 valence electrons. The maximum atomic E-state index is 5.95. The first kappa shape index (κ1) is 9.85. The molecule has 1 aromatic heterocycles. The molecule has 0 radical (unpaired) electrons. The van der Waals surface area contributed by atoms with E-state index in [0.717, 1.165) is 22.0 Å². The summed E-state index contributed by atoms with van der Waals surface area (Å²) in [5.41, 5.74) is 2.26. The Morgan fingerprint density at radius 2 is 2.19 bits per heavy atom. The van der Waals surface area contributed by atoms with E-state index in [9.17, 15) is 0 Å². The highest BCUT2D eigenvalue weighted by atomic mass is 35.5. The molecule has 1 aromatic carbocycles. The quantitative estimate of drug-likeness (QED) is 0.797. The van der Waals surface area contributed by atoms with Gasteiger partial charge in [-0.25, -0.2) is 0 Å². The lowest BCUT2D eigenvalue weighted by Crippen LogP contribution is -1.97. The highest BCUT2D eigenvalue weighted by Gasteiger charge is 2.26. The molecule has 2 aromatic rings. The lowest BCUT2D eigenvalue weighted by molar-refractivity contribution is 0.745. The summed E-state index contributed by atoms with van der Waals surface area (Å²) in [6, 6.07) is 6.47. The minimum atomic E-state index is 0.597. The number of hydrogen-bond acceptors (Lipinski definition) is 2. The van der Waals surface area contributed by atoms with Gasteiger partial charge in [0.25, 0.3) is 0 Å². The minimum absolute atomic E-state index is 0.597. The van der Waals surface area contributed by atoms with Gasteiger partial charge in [0.15, 0.2) is 5.82 Å². The van der Waals surface area contributed by atoms with Crippen LogP contribution in [0.2, 0.25) is 5.02 Å². The van der Waals surface area contributed by atoms with E-state index in [1.807, 2.05) is 31.5 Å². The molecule has 3 rings (SSSR count). The molecule has 0 unspecified atom stereocenters. The van der Waals surface area contributed by atoms with Gasteiger partial charge >= 0.3 is 0 Å². The number of aryl methyl sites for hydroxylation is 1. The van der Waals surface area contributed by atoms with Crippen molar-refractivity contribution < 1.29 is 0 Å². The maximum Gasteiger partial charge on any atom is 0.164 e. The molecule has 0 amide bonds. The first-order valence-electron chi connectivity index (χ1n) is 5.42. The maximum absolute atomic E-state index is 5.95. The number of rotatable bonds is 2. The van der Waals surface area contributed by atoms with Gasteiger partial charge in [-0.2, -0.15) is 0 Å². The third-order valence-electron chi connectivity index (χ3n) is 2.94. The number of nitrogens with zero attached hydrogens (tertiary/aromatic N) is 3. The number of benzene rings is 1. The summed E-state index contributed by atoms with van der Waals surface area (Å²) in [5.74, 6) is 0.955. The number of aromatic nitrogens is 3. The molecule has 4 heteroatoms. The van der Waals surface area contributed by atoms with Crippen LogP contribution in [-0.2, 0) is 0 Å². The van der Waals surface area contributed by atoms with Gasteiger partial charge in [-0.05, 0) is 43.5 Å². The summed E-state index contributed by atoms with van der Waals surface area (Å²) in [6.07, 6.45) is 4.29. The van der Waals surface area contributed by atoms with Gasteiger partial charge in [0, 0.05) is 16.6 Å². The zero-order valence-electron chi connectivity index (χ0n) is 9.02. The van der Waals surface area contributed by atoms with Crippen molar-refractivity contribution in [2.24, 2.45) is 0 Å². The minimum Gasteiger partial charge on any atom is -0.310 e. The Bertz CT molecular complexity index is 529. The fourth-order valence-corrected chi connectivity index (χ4v) is 2.16. The zero-order chi connectivity index (χ0) is 11.1. The molecule has 0 atom stereocenters. The molecule has 0 saturated heterocycles. The van der Waals surface area contributed by atoms with Crippen LogP contribution >= 0.6 is 11.6 Å². The van der Waals surface area contributed by atoms with Gasteiger partial charge in [0.2, 0.25) is 0 Å². The van der Waals surface area contributed by atoms with Gasteiger partial charge in [-0.15, -0.1) is 10.2 Å². The lowest BCUT2D eigenvalue weighted by atomic mass is 10.1. The smallest absolute Gasteiger partial charge is 0.164 e. The van der Waals surface area contributed by atoms with Crippen LogP contribution in [0.25, 0.3) is 11.4 Å². The first-order chi connectivity index (χ1) is 7.75. The van der Waals surface area contributed by atoms with Crippen molar-refractivity contribution in [1.29, 1.82) is 0 Å². The van der Waals surface area contributed by atoms with Crippen LogP contribution in [-0.4, -0.2) is 14.8 Å². The normalized spacial score (nSPS) is 15.4. The molecule has 0 bridgehead atoms. The fourth-order valence-electron chi connectivity index (χ4n) is 1.93. The predicted molar refractivity (Wildman–Crippen MR) is 63.5 cm³/mol. The summed E-state index contributed by atoms with van der Waals surface area (Å²) in [4.78, 5) is 0.